The van der Waals surface area contributed by atoms with Gasteiger partial charge in [0.15, 0.2) is 5.71 Å². The van der Waals surface area contributed by atoms with Crippen LogP contribution >= 0.6 is 0 Å². The monoisotopic (exact) mass is 473 g/mol. The molecule has 10 heteroatoms. The lowest BCUT2D eigenvalue weighted by molar-refractivity contribution is -0.114. The van der Waals surface area contributed by atoms with Crippen LogP contribution in [0.2, 0.25) is 0 Å². The van der Waals surface area contributed by atoms with Crippen LogP contribution in [-0.2, 0) is 14.3 Å². The van der Waals surface area contributed by atoms with Crippen molar-refractivity contribution in [2.75, 3.05) is 42.8 Å². The highest BCUT2D eigenvalue weighted by Gasteiger charge is 2.46. The molecule has 0 bridgehead atoms. The first-order valence-corrected chi connectivity index (χ1v) is 10.7. The maximum absolute atomic E-state index is 13.7. The van der Waals surface area contributed by atoms with Crippen molar-refractivity contribution in [3.05, 3.63) is 65.2 Å². The second-order valence-corrected chi connectivity index (χ2v) is 7.58. The number of amides is 1. The number of hydrogen-bond donors (Lipinski definition) is 0. The lowest BCUT2D eigenvalue weighted by Gasteiger charge is -2.28. The Bertz CT molecular complexity index is 1120. The van der Waals surface area contributed by atoms with Crippen molar-refractivity contribution in [1.82, 2.24) is 0 Å². The molecule has 2 aromatic carbocycles. The highest BCUT2D eigenvalue weighted by atomic mass is 19.4. The van der Waals surface area contributed by atoms with E-state index < -0.39 is 29.3 Å². The van der Waals surface area contributed by atoms with Crippen molar-refractivity contribution < 1.29 is 32.2 Å². The number of carbonyl (C=O) groups excluding carboxylic acids is 2. The van der Waals surface area contributed by atoms with Crippen molar-refractivity contribution in [1.29, 1.82) is 0 Å². The van der Waals surface area contributed by atoms with Gasteiger partial charge in [-0.05, 0) is 55.0 Å². The summed E-state index contributed by atoms with van der Waals surface area (Å²) in [5.74, 6) is -1.48. The van der Waals surface area contributed by atoms with E-state index >= 15 is 0 Å². The molecule has 178 valence electrons. The van der Waals surface area contributed by atoms with E-state index in [1.54, 1.807) is 31.2 Å². The summed E-state index contributed by atoms with van der Waals surface area (Å²) in [5, 5.41) is 4.25. The molecule has 7 nitrogen and oxygen atoms in total. The van der Waals surface area contributed by atoms with E-state index in [0.717, 1.165) is 18.8 Å². The van der Waals surface area contributed by atoms with Gasteiger partial charge in [-0.3, -0.25) is 4.79 Å². The van der Waals surface area contributed by atoms with Gasteiger partial charge in [-0.1, -0.05) is 12.1 Å². The summed E-state index contributed by atoms with van der Waals surface area (Å²) >= 11 is 0. The molecule has 0 atom stereocenters. The van der Waals surface area contributed by atoms with Crippen molar-refractivity contribution in [2.24, 2.45) is 5.10 Å². The lowest BCUT2D eigenvalue weighted by atomic mass is 10.1. The first-order chi connectivity index (χ1) is 16.3. The molecule has 4 rings (SSSR count). The Balaban J connectivity index is 1.60. The molecule has 0 aromatic heterocycles. The molecule has 1 amide bonds. The van der Waals surface area contributed by atoms with E-state index in [-0.39, 0.29) is 17.9 Å². The summed E-state index contributed by atoms with van der Waals surface area (Å²) in [4.78, 5) is 26.9. The summed E-state index contributed by atoms with van der Waals surface area (Å²) in [6.45, 7) is 4.53. The number of carbonyl (C=O) groups is 2. The van der Waals surface area contributed by atoms with E-state index in [1.807, 2.05) is 0 Å². The van der Waals surface area contributed by atoms with Crippen LogP contribution in [0, 0.1) is 0 Å². The Labute approximate surface area is 194 Å². The zero-order chi connectivity index (χ0) is 24.3. The van der Waals surface area contributed by atoms with Gasteiger partial charge >= 0.3 is 12.1 Å². The first kappa shape index (κ1) is 23.5. The molecule has 2 heterocycles. The van der Waals surface area contributed by atoms with Crippen LogP contribution in [0.4, 0.5) is 24.5 Å². The number of anilines is 2. The summed E-state index contributed by atoms with van der Waals surface area (Å²) in [7, 11) is 0. The number of hydrogen-bond acceptors (Lipinski definition) is 6. The molecule has 1 saturated heterocycles. The van der Waals surface area contributed by atoms with Gasteiger partial charge in [-0.25, -0.2) is 4.79 Å². The third-order valence-corrected chi connectivity index (χ3v) is 5.35. The molecule has 34 heavy (non-hydrogen) atoms. The minimum absolute atomic E-state index is 0.103. The standard InChI is InChI=1S/C24H22F3N3O4/c1-2-34-23(32)17-5-9-19(10-6-17)30-22(31)20(21(28-30)24(25,26)27)15-16-3-7-18(8-4-16)29-11-13-33-14-12-29/h3-10,15H,2,11-14H2,1H3. The Morgan fingerprint density at radius 1 is 1.06 bits per heavy atom. The number of hydrazone groups is 1. The molecule has 0 saturated carbocycles. The summed E-state index contributed by atoms with van der Waals surface area (Å²) in [6.07, 6.45) is -3.64. The fraction of sp³-hybridized carbons (Fsp3) is 0.292. The minimum atomic E-state index is -4.82. The van der Waals surface area contributed by atoms with Gasteiger partial charge in [-0.15, -0.1) is 0 Å². The van der Waals surface area contributed by atoms with Crippen LogP contribution in [0.3, 0.4) is 0 Å². The Morgan fingerprint density at radius 2 is 1.68 bits per heavy atom. The Morgan fingerprint density at radius 3 is 2.26 bits per heavy atom. The van der Waals surface area contributed by atoms with E-state index in [0.29, 0.717) is 23.8 Å². The van der Waals surface area contributed by atoms with Gasteiger partial charge in [0.1, 0.15) is 0 Å². The average molecular weight is 473 g/mol. The molecular weight excluding hydrogens is 451 g/mol. The molecule has 2 aromatic rings. The van der Waals surface area contributed by atoms with Crippen LogP contribution in [0.15, 0.2) is 59.2 Å². The van der Waals surface area contributed by atoms with Crippen LogP contribution in [0.5, 0.6) is 0 Å². The SMILES string of the molecule is CCOC(=O)c1ccc(N2N=C(C(F)(F)F)C(=Cc3ccc(N4CCOCC4)cc3)C2=O)cc1. The van der Waals surface area contributed by atoms with Gasteiger partial charge < -0.3 is 14.4 Å². The van der Waals surface area contributed by atoms with Crippen LogP contribution < -0.4 is 9.91 Å². The molecule has 2 aliphatic heterocycles. The van der Waals surface area contributed by atoms with Crippen molar-refractivity contribution in [3.63, 3.8) is 0 Å². The minimum Gasteiger partial charge on any atom is -0.462 e. The predicted octanol–water partition coefficient (Wildman–Crippen LogP) is 4.05. The molecule has 0 N–H and O–H groups in total. The largest absolute Gasteiger partial charge is 0.462 e. The third-order valence-electron chi connectivity index (χ3n) is 5.35. The molecule has 0 unspecified atom stereocenters. The fourth-order valence-corrected chi connectivity index (χ4v) is 3.65. The predicted molar refractivity (Wildman–Crippen MR) is 121 cm³/mol. The maximum atomic E-state index is 13.7. The number of rotatable bonds is 5. The maximum Gasteiger partial charge on any atom is 0.435 e. The number of morpholine rings is 1. The summed E-state index contributed by atoms with van der Waals surface area (Å²) in [5.41, 5.74) is -0.141. The molecule has 0 radical (unpaired) electrons. The second kappa shape index (κ2) is 9.68. The van der Waals surface area contributed by atoms with Crippen LogP contribution in [0.25, 0.3) is 6.08 Å². The molecular formula is C24H22F3N3O4. The van der Waals surface area contributed by atoms with Crippen molar-refractivity contribution >= 4 is 35.0 Å². The van der Waals surface area contributed by atoms with Gasteiger partial charge in [0, 0.05) is 18.8 Å². The molecule has 1 fully saturated rings. The van der Waals surface area contributed by atoms with Gasteiger partial charge in [-0.2, -0.15) is 23.3 Å². The van der Waals surface area contributed by atoms with E-state index in [1.165, 1.54) is 30.3 Å². The lowest BCUT2D eigenvalue weighted by Crippen LogP contribution is -2.36. The summed E-state index contributed by atoms with van der Waals surface area (Å²) < 4.78 is 51.3. The number of nitrogens with zero attached hydrogens (tertiary/aromatic N) is 3. The van der Waals surface area contributed by atoms with Crippen molar-refractivity contribution in [2.45, 2.75) is 13.1 Å². The van der Waals surface area contributed by atoms with Crippen LogP contribution in [0.1, 0.15) is 22.8 Å². The third kappa shape index (κ3) is 4.96. The fourth-order valence-electron chi connectivity index (χ4n) is 3.65. The number of halogens is 3. The van der Waals surface area contributed by atoms with Crippen LogP contribution in [-0.4, -0.2) is 56.7 Å². The highest BCUT2D eigenvalue weighted by Crippen LogP contribution is 2.33. The Kier molecular flexibility index (Phi) is 6.69. The van der Waals surface area contributed by atoms with Gasteiger partial charge in [0.05, 0.1) is 36.6 Å². The highest BCUT2D eigenvalue weighted by molar-refractivity contribution is 6.34. The smallest absolute Gasteiger partial charge is 0.435 e. The normalized spacial score (nSPS) is 17.8. The number of esters is 1. The first-order valence-electron chi connectivity index (χ1n) is 10.7. The van der Waals surface area contributed by atoms with E-state index in [9.17, 15) is 22.8 Å². The number of benzene rings is 2. The average Bonchev–Trinajstić information content (AvgIpc) is 3.17. The zero-order valence-corrected chi connectivity index (χ0v) is 18.3. The Hall–Kier alpha value is -3.66. The van der Waals surface area contributed by atoms with Gasteiger partial charge in [0.2, 0.25) is 0 Å². The second-order valence-electron chi connectivity index (χ2n) is 7.58. The molecule has 0 aliphatic carbocycles. The van der Waals surface area contributed by atoms with E-state index in [4.69, 9.17) is 9.47 Å². The quantitative estimate of drug-likeness (QED) is 0.484. The van der Waals surface area contributed by atoms with Gasteiger partial charge in [0.25, 0.3) is 5.91 Å². The number of alkyl halides is 3. The molecule has 2 aliphatic rings. The summed E-state index contributed by atoms with van der Waals surface area (Å²) in [6, 6.07) is 12.4. The van der Waals surface area contributed by atoms with E-state index in [2.05, 4.69) is 10.0 Å². The topological polar surface area (TPSA) is 71.4 Å². The zero-order valence-electron chi connectivity index (χ0n) is 18.3. The number of ether oxygens (including phenoxy) is 2. The van der Waals surface area contributed by atoms with Crippen molar-refractivity contribution in [3.8, 4) is 0 Å². The molecule has 0 spiro atoms.